The summed E-state index contributed by atoms with van der Waals surface area (Å²) in [6, 6.07) is 0. The quantitative estimate of drug-likeness (QED) is 0.665. The van der Waals surface area contributed by atoms with E-state index in [0.717, 1.165) is 12.5 Å². The highest BCUT2D eigenvalue weighted by Crippen LogP contribution is 2.51. The zero-order valence-electron chi connectivity index (χ0n) is 8.73. The molecule has 0 aromatic heterocycles. The van der Waals surface area contributed by atoms with Crippen LogP contribution < -0.4 is 5.73 Å². The Morgan fingerprint density at radius 1 is 1.00 bits per heavy atom. The number of rotatable bonds is 3. The van der Waals surface area contributed by atoms with Crippen LogP contribution in [-0.2, 0) is 0 Å². The largest absolute Gasteiger partial charge is 0.330 e. The highest BCUT2D eigenvalue weighted by Gasteiger charge is 2.42. The van der Waals surface area contributed by atoms with Crippen LogP contribution in [0.2, 0.25) is 0 Å². The van der Waals surface area contributed by atoms with Crippen LogP contribution in [0.25, 0.3) is 0 Å². The second-order valence-corrected chi connectivity index (χ2v) is 5.27. The van der Waals surface area contributed by atoms with Crippen molar-refractivity contribution in [3.63, 3.8) is 0 Å². The van der Waals surface area contributed by atoms with Crippen LogP contribution in [0, 0.1) is 11.3 Å². The minimum Gasteiger partial charge on any atom is -0.330 e. The molecule has 2 fully saturated rings. The van der Waals surface area contributed by atoms with Gasteiger partial charge in [-0.05, 0) is 37.1 Å². The van der Waals surface area contributed by atoms with Gasteiger partial charge >= 0.3 is 0 Å². The third kappa shape index (κ3) is 2.46. The Morgan fingerprint density at radius 2 is 1.62 bits per heavy atom. The maximum Gasteiger partial charge on any atom is -0.00204 e. The summed E-state index contributed by atoms with van der Waals surface area (Å²) in [4.78, 5) is 0. The lowest BCUT2D eigenvalue weighted by Gasteiger charge is -2.20. The monoisotopic (exact) mass is 181 g/mol. The highest BCUT2D eigenvalue weighted by atomic mass is 14.7. The molecule has 2 aliphatic rings. The van der Waals surface area contributed by atoms with Crippen LogP contribution in [0.15, 0.2) is 0 Å². The normalized spacial score (nSPS) is 28.4. The summed E-state index contributed by atoms with van der Waals surface area (Å²) in [5.74, 6) is 1.02. The van der Waals surface area contributed by atoms with Crippen molar-refractivity contribution in [2.24, 2.45) is 17.1 Å². The van der Waals surface area contributed by atoms with Gasteiger partial charge in [-0.2, -0.15) is 0 Å². The first-order chi connectivity index (χ1) is 6.35. The molecule has 0 amide bonds. The topological polar surface area (TPSA) is 26.0 Å². The van der Waals surface area contributed by atoms with Crippen molar-refractivity contribution < 1.29 is 0 Å². The van der Waals surface area contributed by atoms with Gasteiger partial charge in [-0.25, -0.2) is 0 Å². The van der Waals surface area contributed by atoms with Crippen molar-refractivity contribution in [3.05, 3.63) is 0 Å². The van der Waals surface area contributed by atoms with Gasteiger partial charge in [-0.1, -0.05) is 38.5 Å². The molecule has 1 heteroatoms. The summed E-state index contributed by atoms with van der Waals surface area (Å²) in [6.45, 7) is 0.948. The van der Waals surface area contributed by atoms with Crippen molar-refractivity contribution in [2.75, 3.05) is 6.54 Å². The van der Waals surface area contributed by atoms with E-state index in [9.17, 15) is 0 Å². The van der Waals surface area contributed by atoms with E-state index in [1.54, 1.807) is 0 Å². The van der Waals surface area contributed by atoms with Gasteiger partial charge in [0.1, 0.15) is 0 Å². The van der Waals surface area contributed by atoms with Crippen LogP contribution in [0.1, 0.15) is 57.8 Å². The summed E-state index contributed by atoms with van der Waals surface area (Å²) in [5, 5.41) is 0. The second-order valence-electron chi connectivity index (χ2n) is 5.27. The van der Waals surface area contributed by atoms with Crippen LogP contribution in [0.5, 0.6) is 0 Å². The summed E-state index contributed by atoms with van der Waals surface area (Å²) in [6.07, 6.45) is 13.2. The first kappa shape index (κ1) is 9.51. The fourth-order valence-corrected chi connectivity index (χ4v) is 2.85. The van der Waals surface area contributed by atoms with Crippen molar-refractivity contribution in [3.8, 4) is 0 Å². The van der Waals surface area contributed by atoms with Crippen molar-refractivity contribution in [1.29, 1.82) is 0 Å². The van der Waals surface area contributed by atoms with Gasteiger partial charge in [-0.3, -0.25) is 0 Å². The molecule has 0 unspecified atom stereocenters. The van der Waals surface area contributed by atoms with E-state index in [2.05, 4.69) is 0 Å². The number of hydrogen-bond acceptors (Lipinski definition) is 1. The first-order valence-corrected chi connectivity index (χ1v) is 6.05. The SMILES string of the molecule is NCC1(CC2CCCCCC2)CC1. The molecule has 0 aliphatic heterocycles. The van der Waals surface area contributed by atoms with E-state index in [0.29, 0.717) is 5.41 Å². The van der Waals surface area contributed by atoms with Gasteiger partial charge in [0, 0.05) is 0 Å². The Kier molecular flexibility index (Phi) is 2.92. The maximum atomic E-state index is 5.83. The highest BCUT2D eigenvalue weighted by molar-refractivity contribution is 4.95. The second kappa shape index (κ2) is 4.00. The molecule has 76 valence electrons. The van der Waals surface area contributed by atoms with Crippen molar-refractivity contribution in [2.45, 2.75) is 57.8 Å². The maximum absolute atomic E-state index is 5.83. The molecule has 13 heavy (non-hydrogen) atoms. The fraction of sp³-hybridized carbons (Fsp3) is 1.00. The van der Waals surface area contributed by atoms with Crippen LogP contribution in [0.4, 0.5) is 0 Å². The Labute approximate surface area is 82.1 Å². The fourth-order valence-electron chi connectivity index (χ4n) is 2.85. The molecule has 2 aliphatic carbocycles. The summed E-state index contributed by atoms with van der Waals surface area (Å²) in [5.41, 5.74) is 6.45. The zero-order valence-corrected chi connectivity index (χ0v) is 8.73. The predicted molar refractivity (Wildman–Crippen MR) is 56.5 cm³/mol. The first-order valence-electron chi connectivity index (χ1n) is 6.05. The molecule has 0 bridgehead atoms. The lowest BCUT2D eigenvalue weighted by atomic mass is 9.87. The predicted octanol–water partition coefficient (Wildman–Crippen LogP) is 3.09. The van der Waals surface area contributed by atoms with E-state index in [-0.39, 0.29) is 0 Å². The molecule has 0 aromatic carbocycles. The van der Waals surface area contributed by atoms with Gasteiger partial charge in [0.2, 0.25) is 0 Å². The molecule has 1 nitrogen and oxygen atoms in total. The third-order valence-corrected chi connectivity index (χ3v) is 4.09. The number of hydrogen-bond donors (Lipinski definition) is 1. The molecule has 2 N–H and O–H groups in total. The molecule has 2 rings (SSSR count). The molecule has 0 heterocycles. The molecular weight excluding hydrogens is 158 g/mol. The molecule has 0 radical (unpaired) electrons. The van der Waals surface area contributed by atoms with Gasteiger partial charge in [0.15, 0.2) is 0 Å². The van der Waals surface area contributed by atoms with Crippen LogP contribution in [-0.4, -0.2) is 6.54 Å². The molecule has 0 saturated heterocycles. The Bertz CT molecular complexity index is 153. The van der Waals surface area contributed by atoms with Crippen molar-refractivity contribution >= 4 is 0 Å². The van der Waals surface area contributed by atoms with Crippen LogP contribution in [0.3, 0.4) is 0 Å². The van der Waals surface area contributed by atoms with Gasteiger partial charge in [0.05, 0.1) is 0 Å². The Balaban J connectivity index is 1.79. The lowest BCUT2D eigenvalue weighted by Crippen LogP contribution is -2.19. The van der Waals surface area contributed by atoms with E-state index in [1.165, 1.54) is 57.8 Å². The molecular formula is C12H23N. The van der Waals surface area contributed by atoms with Crippen LogP contribution >= 0.6 is 0 Å². The zero-order chi connectivity index (χ0) is 9.15. The molecule has 0 atom stereocenters. The standard InChI is InChI=1S/C12H23N/c13-10-12(7-8-12)9-11-5-3-1-2-4-6-11/h11H,1-10,13H2. The van der Waals surface area contributed by atoms with Gasteiger partial charge in [0.25, 0.3) is 0 Å². The summed E-state index contributed by atoms with van der Waals surface area (Å²) < 4.78 is 0. The van der Waals surface area contributed by atoms with Crippen molar-refractivity contribution in [1.82, 2.24) is 0 Å². The smallest absolute Gasteiger partial charge is 0.00204 e. The third-order valence-electron chi connectivity index (χ3n) is 4.09. The van der Waals surface area contributed by atoms with E-state index >= 15 is 0 Å². The lowest BCUT2D eigenvalue weighted by molar-refractivity contribution is 0.328. The minimum atomic E-state index is 0.620. The van der Waals surface area contributed by atoms with E-state index in [4.69, 9.17) is 5.73 Å². The van der Waals surface area contributed by atoms with Gasteiger partial charge in [-0.15, -0.1) is 0 Å². The summed E-state index contributed by atoms with van der Waals surface area (Å²) in [7, 11) is 0. The molecule has 0 spiro atoms. The van der Waals surface area contributed by atoms with E-state index in [1.807, 2.05) is 0 Å². The Morgan fingerprint density at radius 3 is 2.08 bits per heavy atom. The average molecular weight is 181 g/mol. The summed E-state index contributed by atoms with van der Waals surface area (Å²) >= 11 is 0. The number of nitrogens with two attached hydrogens (primary N) is 1. The molecule has 2 saturated carbocycles. The van der Waals surface area contributed by atoms with E-state index < -0.39 is 0 Å². The van der Waals surface area contributed by atoms with Gasteiger partial charge < -0.3 is 5.73 Å². The minimum absolute atomic E-state index is 0.620. The Hall–Kier alpha value is -0.0400. The molecule has 0 aromatic rings. The average Bonchev–Trinajstić information content (AvgIpc) is 2.92.